The number of fused-ring (bicyclic) bond motifs is 1. The average Bonchev–Trinajstić information content (AvgIpc) is 2.84. The molecule has 0 aliphatic carbocycles. The molecular formula is C28H27NO4S. The Hall–Kier alpha value is -3.48. The van der Waals surface area contributed by atoms with E-state index in [0.717, 1.165) is 21.9 Å². The van der Waals surface area contributed by atoms with Crippen LogP contribution < -0.4 is 4.72 Å². The number of ether oxygens (including phenoxy) is 1. The molecule has 0 aliphatic heterocycles. The summed E-state index contributed by atoms with van der Waals surface area (Å²) in [5, 5.41) is 1.72. The van der Waals surface area contributed by atoms with Crippen molar-refractivity contribution in [1.29, 1.82) is 0 Å². The summed E-state index contributed by atoms with van der Waals surface area (Å²) in [5.41, 5.74) is 3.55. The summed E-state index contributed by atoms with van der Waals surface area (Å²) in [6.45, 7) is 5.20. The molecule has 0 aromatic heterocycles. The topological polar surface area (TPSA) is 72.5 Å². The van der Waals surface area contributed by atoms with Crippen LogP contribution in [0.5, 0.6) is 0 Å². The number of hydrogen-bond donors (Lipinski definition) is 1. The molecule has 0 fully saturated rings. The first-order valence-electron chi connectivity index (χ1n) is 11.1. The molecule has 0 heterocycles. The molecule has 0 spiro atoms. The lowest BCUT2D eigenvalue weighted by molar-refractivity contribution is 0.0980. The maximum atomic E-state index is 12.7. The molecule has 4 aromatic carbocycles. The number of hydrogen-bond acceptors (Lipinski definition) is 4. The van der Waals surface area contributed by atoms with Crippen molar-refractivity contribution in [2.24, 2.45) is 0 Å². The summed E-state index contributed by atoms with van der Waals surface area (Å²) in [4.78, 5) is 12.6. The average molecular weight is 474 g/mol. The second-order valence-corrected chi connectivity index (χ2v) is 10.2. The predicted molar refractivity (Wildman–Crippen MR) is 134 cm³/mol. The normalized spacial score (nSPS) is 11.6. The summed E-state index contributed by atoms with van der Waals surface area (Å²) in [6.07, 6.45) is 0. The van der Waals surface area contributed by atoms with Crippen LogP contribution in [0.25, 0.3) is 10.8 Å². The van der Waals surface area contributed by atoms with E-state index in [-0.39, 0.29) is 10.5 Å². The standard InChI is InChI=1S/C28H27NO4S/c1-20(2)23-11-7-21(8-12-23)18-33-19-22-9-13-25(14-10-22)28(30)29-34(31,32)27-16-15-24-5-3-4-6-26(24)17-27/h3-17,20H,18-19H2,1-2H3,(H,29,30). The van der Waals surface area contributed by atoms with Crippen LogP contribution in [0.15, 0.2) is 95.9 Å². The molecule has 0 aliphatic rings. The predicted octanol–water partition coefficient (Wildman–Crippen LogP) is 5.80. The second-order valence-electron chi connectivity index (χ2n) is 8.53. The van der Waals surface area contributed by atoms with Crippen molar-refractivity contribution in [3.05, 3.63) is 113 Å². The smallest absolute Gasteiger partial charge is 0.264 e. The Morgan fingerprint density at radius 2 is 1.38 bits per heavy atom. The second kappa shape index (κ2) is 10.2. The molecule has 0 saturated heterocycles. The molecule has 34 heavy (non-hydrogen) atoms. The Kier molecular flexibility index (Phi) is 7.10. The van der Waals surface area contributed by atoms with Gasteiger partial charge in [0.05, 0.1) is 18.1 Å². The number of sulfonamides is 1. The lowest BCUT2D eigenvalue weighted by atomic mass is 10.0. The summed E-state index contributed by atoms with van der Waals surface area (Å²) >= 11 is 0. The number of carbonyl (C=O) groups is 1. The van der Waals surface area contributed by atoms with E-state index in [1.54, 1.807) is 36.4 Å². The van der Waals surface area contributed by atoms with Crippen molar-refractivity contribution in [2.75, 3.05) is 0 Å². The van der Waals surface area contributed by atoms with Crippen molar-refractivity contribution in [3.8, 4) is 0 Å². The highest BCUT2D eigenvalue weighted by Crippen LogP contribution is 2.19. The highest BCUT2D eigenvalue weighted by Gasteiger charge is 2.19. The van der Waals surface area contributed by atoms with Crippen LogP contribution >= 0.6 is 0 Å². The van der Waals surface area contributed by atoms with Crippen LogP contribution in [0, 0.1) is 0 Å². The molecule has 174 valence electrons. The van der Waals surface area contributed by atoms with E-state index in [9.17, 15) is 13.2 Å². The van der Waals surface area contributed by atoms with Gasteiger partial charge in [0.2, 0.25) is 0 Å². The Labute approximate surface area is 200 Å². The minimum atomic E-state index is -3.99. The summed E-state index contributed by atoms with van der Waals surface area (Å²) in [5.74, 6) is -0.181. The number of amides is 1. The van der Waals surface area contributed by atoms with Crippen molar-refractivity contribution < 1.29 is 17.9 Å². The van der Waals surface area contributed by atoms with Gasteiger partial charge >= 0.3 is 0 Å². The van der Waals surface area contributed by atoms with Gasteiger partial charge in [-0.2, -0.15) is 0 Å². The van der Waals surface area contributed by atoms with Gasteiger partial charge < -0.3 is 4.74 Å². The van der Waals surface area contributed by atoms with Gasteiger partial charge in [-0.3, -0.25) is 4.79 Å². The van der Waals surface area contributed by atoms with E-state index in [0.29, 0.717) is 19.1 Å². The van der Waals surface area contributed by atoms with Gasteiger partial charge in [-0.25, -0.2) is 13.1 Å². The molecule has 5 nitrogen and oxygen atoms in total. The lowest BCUT2D eigenvalue weighted by Crippen LogP contribution is -2.30. The Balaban J connectivity index is 1.34. The van der Waals surface area contributed by atoms with Gasteiger partial charge in [0.1, 0.15) is 0 Å². The fourth-order valence-electron chi connectivity index (χ4n) is 3.61. The summed E-state index contributed by atoms with van der Waals surface area (Å²) in [7, 11) is -3.99. The van der Waals surface area contributed by atoms with Crippen molar-refractivity contribution in [2.45, 2.75) is 37.9 Å². The van der Waals surface area contributed by atoms with Gasteiger partial charge in [-0.1, -0.05) is 80.6 Å². The van der Waals surface area contributed by atoms with E-state index >= 15 is 0 Å². The van der Waals surface area contributed by atoms with Crippen molar-refractivity contribution >= 4 is 26.7 Å². The third kappa shape index (κ3) is 5.71. The lowest BCUT2D eigenvalue weighted by Gasteiger charge is -2.09. The van der Waals surface area contributed by atoms with E-state index in [1.165, 1.54) is 11.6 Å². The van der Waals surface area contributed by atoms with Crippen LogP contribution in [0.4, 0.5) is 0 Å². The molecule has 1 N–H and O–H groups in total. The molecule has 0 unspecified atom stereocenters. The zero-order valence-electron chi connectivity index (χ0n) is 19.2. The van der Waals surface area contributed by atoms with Crippen LogP contribution in [-0.2, 0) is 28.0 Å². The zero-order valence-corrected chi connectivity index (χ0v) is 20.0. The van der Waals surface area contributed by atoms with Gasteiger partial charge in [-0.05, 0) is 57.6 Å². The molecule has 0 bridgehead atoms. The Morgan fingerprint density at radius 3 is 2.00 bits per heavy atom. The Morgan fingerprint density at radius 1 is 0.794 bits per heavy atom. The van der Waals surface area contributed by atoms with Crippen LogP contribution in [-0.4, -0.2) is 14.3 Å². The van der Waals surface area contributed by atoms with E-state index in [1.807, 2.05) is 24.3 Å². The van der Waals surface area contributed by atoms with E-state index < -0.39 is 15.9 Å². The minimum absolute atomic E-state index is 0.0472. The first-order chi connectivity index (χ1) is 16.3. The highest BCUT2D eigenvalue weighted by molar-refractivity contribution is 7.90. The van der Waals surface area contributed by atoms with E-state index in [2.05, 4.69) is 42.8 Å². The van der Waals surface area contributed by atoms with Crippen LogP contribution in [0.1, 0.15) is 46.8 Å². The largest absolute Gasteiger partial charge is 0.372 e. The number of carbonyl (C=O) groups excluding carboxylic acids is 1. The Bertz CT molecular complexity index is 1390. The number of rotatable bonds is 8. The number of nitrogens with one attached hydrogen (secondary N) is 1. The first kappa shape index (κ1) is 23.7. The molecule has 0 radical (unpaired) electrons. The van der Waals surface area contributed by atoms with Gasteiger partial charge in [0.25, 0.3) is 15.9 Å². The van der Waals surface area contributed by atoms with Gasteiger partial charge in [0.15, 0.2) is 0 Å². The first-order valence-corrected chi connectivity index (χ1v) is 12.6. The molecule has 0 atom stereocenters. The zero-order chi connectivity index (χ0) is 24.1. The maximum Gasteiger partial charge on any atom is 0.264 e. The van der Waals surface area contributed by atoms with Crippen LogP contribution in [0.2, 0.25) is 0 Å². The molecule has 1 amide bonds. The quantitative estimate of drug-likeness (QED) is 0.351. The molecule has 4 rings (SSSR count). The molecule has 0 saturated carbocycles. The number of benzene rings is 4. The van der Waals surface area contributed by atoms with Gasteiger partial charge in [0, 0.05) is 5.56 Å². The third-order valence-corrected chi connectivity index (χ3v) is 6.99. The van der Waals surface area contributed by atoms with E-state index in [4.69, 9.17) is 4.74 Å². The van der Waals surface area contributed by atoms with Gasteiger partial charge in [-0.15, -0.1) is 0 Å². The summed E-state index contributed by atoms with van der Waals surface area (Å²) < 4.78 is 33.4. The highest BCUT2D eigenvalue weighted by atomic mass is 32.2. The monoisotopic (exact) mass is 473 g/mol. The fraction of sp³-hybridized carbons (Fsp3) is 0.179. The third-order valence-electron chi connectivity index (χ3n) is 5.66. The maximum absolute atomic E-state index is 12.7. The molecule has 6 heteroatoms. The van der Waals surface area contributed by atoms with Crippen molar-refractivity contribution in [1.82, 2.24) is 4.72 Å². The molecular weight excluding hydrogens is 446 g/mol. The van der Waals surface area contributed by atoms with Crippen molar-refractivity contribution in [3.63, 3.8) is 0 Å². The molecule has 4 aromatic rings. The SMILES string of the molecule is CC(C)c1ccc(COCc2ccc(C(=O)NS(=O)(=O)c3ccc4ccccc4c3)cc2)cc1. The fourth-order valence-corrected chi connectivity index (χ4v) is 4.62. The summed E-state index contributed by atoms with van der Waals surface area (Å²) in [6, 6.07) is 27.3. The van der Waals surface area contributed by atoms with Crippen LogP contribution in [0.3, 0.4) is 0 Å². The minimum Gasteiger partial charge on any atom is -0.372 e.